The van der Waals surface area contributed by atoms with Gasteiger partial charge in [0.15, 0.2) is 11.5 Å². The van der Waals surface area contributed by atoms with Crippen LogP contribution in [0.1, 0.15) is 11.4 Å². The van der Waals surface area contributed by atoms with Crippen molar-refractivity contribution in [2.45, 2.75) is 13.2 Å². The summed E-state index contributed by atoms with van der Waals surface area (Å²) >= 11 is 0. The predicted molar refractivity (Wildman–Crippen MR) is 95.9 cm³/mol. The third-order valence-corrected chi connectivity index (χ3v) is 3.74. The molecule has 0 spiro atoms. The molecule has 136 valence electrons. The van der Waals surface area contributed by atoms with Crippen molar-refractivity contribution in [1.82, 2.24) is 30.8 Å². The highest BCUT2D eigenvalue weighted by atomic mass is 16.5. The molecule has 0 amide bonds. The summed E-state index contributed by atoms with van der Waals surface area (Å²) in [6.07, 6.45) is 2.93. The Balaban J connectivity index is 1.52. The second-order valence-electron chi connectivity index (χ2n) is 5.70. The zero-order chi connectivity index (χ0) is 18.2. The molecule has 10 nitrogen and oxygen atoms in total. The first-order valence-corrected chi connectivity index (χ1v) is 8.37. The van der Waals surface area contributed by atoms with Crippen LogP contribution < -0.4 is 21.3 Å². The van der Waals surface area contributed by atoms with E-state index in [1.807, 2.05) is 19.1 Å². The van der Waals surface area contributed by atoms with Gasteiger partial charge in [-0.15, -0.1) is 5.10 Å². The molecule has 1 aliphatic rings. The molecule has 0 aliphatic carbocycles. The largest absolute Gasteiger partial charge is 0.382 e. The van der Waals surface area contributed by atoms with E-state index in [1.54, 1.807) is 0 Å². The zero-order valence-corrected chi connectivity index (χ0v) is 14.5. The molecule has 1 aliphatic heterocycles. The van der Waals surface area contributed by atoms with E-state index in [9.17, 15) is 0 Å². The number of nitriles is 1. The highest BCUT2D eigenvalue weighted by molar-refractivity contribution is 5.59. The van der Waals surface area contributed by atoms with Gasteiger partial charge in [-0.25, -0.2) is 9.97 Å². The van der Waals surface area contributed by atoms with Gasteiger partial charge < -0.3 is 20.7 Å². The molecule has 26 heavy (non-hydrogen) atoms. The Morgan fingerprint density at radius 2 is 2.19 bits per heavy atom. The van der Waals surface area contributed by atoms with Crippen molar-refractivity contribution in [3.63, 3.8) is 0 Å². The van der Waals surface area contributed by atoms with Gasteiger partial charge in [0.25, 0.3) is 0 Å². The van der Waals surface area contributed by atoms with Gasteiger partial charge in [-0.1, -0.05) is 0 Å². The number of aromatic nitrogens is 4. The Bertz CT molecular complexity index is 753. The summed E-state index contributed by atoms with van der Waals surface area (Å²) in [5.41, 5.74) is 1.95. The van der Waals surface area contributed by atoms with E-state index in [4.69, 9.17) is 10.00 Å². The van der Waals surface area contributed by atoms with Gasteiger partial charge >= 0.3 is 0 Å². The van der Waals surface area contributed by atoms with E-state index in [0.29, 0.717) is 11.6 Å². The van der Waals surface area contributed by atoms with Gasteiger partial charge in [0.2, 0.25) is 0 Å². The molecule has 4 N–H and O–H groups in total. The van der Waals surface area contributed by atoms with Crippen LogP contribution >= 0.6 is 0 Å². The third kappa shape index (κ3) is 5.06. The maximum Gasteiger partial charge on any atom is 0.158 e. The van der Waals surface area contributed by atoms with Crippen LogP contribution in [0.2, 0.25) is 0 Å². The van der Waals surface area contributed by atoms with E-state index in [-0.39, 0.29) is 11.9 Å². The molecule has 2 aromatic heterocycles. The lowest BCUT2D eigenvalue weighted by atomic mass is 10.3. The molecule has 0 saturated carbocycles. The van der Waals surface area contributed by atoms with Gasteiger partial charge in [0.05, 0.1) is 30.4 Å². The lowest BCUT2D eigenvalue weighted by Crippen LogP contribution is -2.47. The molecule has 0 aromatic carbocycles. The smallest absolute Gasteiger partial charge is 0.158 e. The Labute approximate surface area is 151 Å². The molecule has 3 rings (SSSR count). The summed E-state index contributed by atoms with van der Waals surface area (Å²) in [5.74, 6) is 1.04. The fraction of sp³-hybridized carbons (Fsp3) is 0.438. The fourth-order valence-corrected chi connectivity index (χ4v) is 2.40. The Hall–Kier alpha value is -2.87. The number of anilines is 3. The van der Waals surface area contributed by atoms with Crippen LogP contribution in [0.25, 0.3) is 0 Å². The van der Waals surface area contributed by atoms with Crippen molar-refractivity contribution in [2.75, 3.05) is 43.4 Å². The number of aryl methyl sites for hydroxylation is 1. The van der Waals surface area contributed by atoms with Crippen LogP contribution in [-0.2, 0) is 4.74 Å². The molecule has 10 heteroatoms. The summed E-state index contributed by atoms with van der Waals surface area (Å²) in [4.78, 5) is 8.07. The van der Waals surface area contributed by atoms with Crippen molar-refractivity contribution in [3.05, 3.63) is 29.8 Å². The number of nitrogens with one attached hydrogen (secondary N) is 4. The monoisotopic (exact) mass is 355 g/mol. The van der Waals surface area contributed by atoms with Crippen molar-refractivity contribution in [3.8, 4) is 6.07 Å². The highest BCUT2D eigenvalue weighted by Crippen LogP contribution is 2.17. The number of morpholine rings is 1. The summed E-state index contributed by atoms with van der Waals surface area (Å²) in [6.45, 7) is 5.82. The summed E-state index contributed by atoms with van der Waals surface area (Å²) in [7, 11) is 0. The molecule has 1 unspecified atom stereocenters. The van der Waals surface area contributed by atoms with Crippen LogP contribution in [0.15, 0.2) is 18.5 Å². The van der Waals surface area contributed by atoms with Gasteiger partial charge in [0.1, 0.15) is 18.1 Å². The van der Waals surface area contributed by atoms with Crippen molar-refractivity contribution < 1.29 is 4.74 Å². The second kappa shape index (κ2) is 9.00. The van der Waals surface area contributed by atoms with Crippen LogP contribution in [0.4, 0.5) is 17.3 Å². The molecule has 1 saturated heterocycles. The second-order valence-corrected chi connectivity index (χ2v) is 5.70. The summed E-state index contributed by atoms with van der Waals surface area (Å²) in [5, 5.41) is 30.0. The number of hydrogen-bond acceptors (Lipinski definition) is 10. The lowest BCUT2D eigenvalue weighted by molar-refractivity contribution is 0.00800. The summed E-state index contributed by atoms with van der Waals surface area (Å²) < 4.78 is 5.59. The van der Waals surface area contributed by atoms with E-state index in [0.717, 1.165) is 44.2 Å². The van der Waals surface area contributed by atoms with Crippen LogP contribution in [0, 0.1) is 18.3 Å². The topological polar surface area (TPSA) is 133 Å². The zero-order valence-electron chi connectivity index (χ0n) is 14.5. The number of ether oxygens (including phenoxy) is 1. The van der Waals surface area contributed by atoms with Crippen molar-refractivity contribution in [1.29, 1.82) is 5.26 Å². The van der Waals surface area contributed by atoms with Gasteiger partial charge in [-0.3, -0.25) is 5.32 Å². The maximum atomic E-state index is 8.75. The molecule has 0 bridgehead atoms. The van der Waals surface area contributed by atoms with Crippen molar-refractivity contribution >= 4 is 17.3 Å². The molecule has 1 fully saturated rings. The molecule has 0 radical (unpaired) electrons. The van der Waals surface area contributed by atoms with E-state index in [1.165, 1.54) is 12.4 Å². The first-order valence-electron chi connectivity index (χ1n) is 8.37. The molecule has 1 atom stereocenters. The predicted octanol–water partition coefficient (Wildman–Crippen LogP) is 0.138. The highest BCUT2D eigenvalue weighted by Gasteiger charge is 2.11. The lowest BCUT2D eigenvalue weighted by Gasteiger charge is -2.24. The average Bonchev–Trinajstić information content (AvgIpc) is 2.69. The van der Waals surface area contributed by atoms with E-state index in [2.05, 4.69) is 41.4 Å². The summed E-state index contributed by atoms with van der Waals surface area (Å²) in [6, 6.07) is 3.79. The first-order chi connectivity index (χ1) is 12.7. The van der Waals surface area contributed by atoms with Gasteiger partial charge in [-0.05, 0) is 6.92 Å². The molecular weight excluding hydrogens is 334 g/mol. The third-order valence-electron chi connectivity index (χ3n) is 3.74. The Morgan fingerprint density at radius 3 is 2.92 bits per heavy atom. The minimum Gasteiger partial charge on any atom is -0.382 e. The van der Waals surface area contributed by atoms with Gasteiger partial charge in [0, 0.05) is 32.2 Å². The Kier molecular flexibility index (Phi) is 6.21. The minimum atomic E-state index is 0.0504. The fourth-order valence-electron chi connectivity index (χ4n) is 2.40. The normalized spacial score (nSPS) is 16.7. The van der Waals surface area contributed by atoms with Crippen molar-refractivity contribution in [2.24, 2.45) is 0 Å². The first kappa shape index (κ1) is 17.9. The quantitative estimate of drug-likeness (QED) is 0.508. The number of nitrogens with zero attached hydrogens (tertiary/aromatic N) is 5. The molecular formula is C16H21N9O. The maximum absolute atomic E-state index is 8.75. The standard InChI is InChI=1S/C16H21N9O/c1-11-13(19-2-3-20-16-10-18-4-5-26-16)6-14(25-24-11)23-15-9-21-12(7-17)8-22-15/h6,8-9,16,18,20H,2-5,10H2,1H3,(H2,19,22,23,25). The number of hydrogen-bond donors (Lipinski definition) is 4. The van der Waals surface area contributed by atoms with Crippen LogP contribution in [0.3, 0.4) is 0 Å². The van der Waals surface area contributed by atoms with Crippen LogP contribution in [0.5, 0.6) is 0 Å². The van der Waals surface area contributed by atoms with Crippen LogP contribution in [-0.4, -0.2) is 59.2 Å². The SMILES string of the molecule is Cc1nnc(Nc2cnc(C#N)cn2)cc1NCCNC1CNCCO1. The number of rotatable bonds is 7. The average molecular weight is 355 g/mol. The van der Waals surface area contributed by atoms with E-state index < -0.39 is 0 Å². The molecule has 2 aromatic rings. The Morgan fingerprint density at radius 1 is 1.27 bits per heavy atom. The van der Waals surface area contributed by atoms with E-state index >= 15 is 0 Å². The minimum absolute atomic E-state index is 0.0504. The van der Waals surface area contributed by atoms with Gasteiger partial charge in [-0.2, -0.15) is 10.4 Å². The molecule has 3 heterocycles.